The predicted octanol–water partition coefficient (Wildman–Crippen LogP) is 4.12. The van der Waals surface area contributed by atoms with E-state index in [-0.39, 0.29) is 6.04 Å². The fourth-order valence-corrected chi connectivity index (χ4v) is 2.84. The molecule has 0 spiro atoms. The van der Waals surface area contributed by atoms with Crippen LogP contribution in [0.1, 0.15) is 38.8 Å². The van der Waals surface area contributed by atoms with Gasteiger partial charge in [0.1, 0.15) is 5.60 Å². The number of nitrogens with zero attached hydrogens (tertiary/aromatic N) is 1. The van der Waals surface area contributed by atoms with Crippen molar-refractivity contribution in [1.29, 1.82) is 0 Å². The second-order valence-electron chi connectivity index (χ2n) is 6.90. The van der Waals surface area contributed by atoms with Crippen LogP contribution in [-0.2, 0) is 27.2 Å². The Labute approximate surface area is 153 Å². The minimum absolute atomic E-state index is 0.301. The summed E-state index contributed by atoms with van der Waals surface area (Å²) in [6.07, 6.45) is 3.20. The average molecular weight is 366 g/mol. The molecule has 0 saturated heterocycles. The highest BCUT2D eigenvalue weighted by atomic mass is 35.5. The molecule has 0 aromatic heterocycles. The van der Waals surface area contributed by atoms with Crippen molar-refractivity contribution in [2.24, 2.45) is 0 Å². The molecule has 1 heterocycles. The predicted molar refractivity (Wildman–Crippen MR) is 96.5 cm³/mol. The molecule has 0 aliphatic carbocycles. The van der Waals surface area contributed by atoms with E-state index in [1.165, 1.54) is 6.08 Å². The van der Waals surface area contributed by atoms with Crippen LogP contribution < -0.4 is 0 Å². The summed E-state index contributed by atoms with van der Waals surface area (Å²) in [6, 6.07) is 5.32. The molecule has 5 nitrogen and oxygen atoms in total. The summed E-state index contributed by atoms with van der Waals surface area (Å²) in [4.78, 5) is 25.8. The van der Waals surface area contributed by atoms with Gasteiger partial charge >= 0.3 is 12.1 Å². The summed E-state index contributed by atoms with van der Waals surface area (Å²) < 4.78 is 10.4. The lowest BCUT2D eigenvalue weighted by Gasteiger charge is -2.36. The number of carbonyl (C=O) groups is 2. The second-order valence-corrected chi connectivity index (χ2v) is 7.34. The Bertz CT molecular complexity index is 678. The molecule has 1 aromatic carbocycles. The normalized spacial score (nSPS) is 17.3. The van der Waals surface area contributed by atoms with Crippen molar-refractivity contribution in [3.05, 3.63) is 46.5 Å². The third-order valence-corrected chi connectivity index (χ3v) is 3.94. The first-order valence-electron chi connectivity index (χ1n) is 8.31. The molecule has 136 valence electrons. The Morgan fingerprint density at radius 2 is 2.04 bits per heavy atom. The van der Waals surface area contributed by atoms with Crippen LogP contribution in [0.15, 0.2) is 30.4 Å². The monoisotopic (exact) mass is 365 g/mol. The average Bonchev–Trinajstić information content (AvgIpc) is 2.50. The number of rotatable bonds is 3. The summed E-state index contributed by atoms with van der Waals surface area (Å²) >= 11 is 6.08. The van der Waals surface area contributed by atoms with Crippen LogP contribution in [0.5, 0.6) is 0 Å². The van der Waals surface area contributed by atoms with Crippen LogP contribution in [0.25, 0.3) is 0 Å². The Kier molecular flexibility index (Phi) is 6.11. The van der Waals surface area contributed by atoms with E-state index < -0.39 is 17.7 Å². The van der Waals surface area contributed by atoms with Gasteiger partial charge in [0.25, 0.3) is 0 Å². The fourth-order valence-electron chi connectivity index (χ4n) is 2.65. The summed E-state index contributed by atoms with van der Waals surface area (Å²) in [5.74, 6) is -0.427. The van der Waals surface area contributed by atoms with E-state index in [4.69, 9.17) is 21.1 Å². The van der Waals surface area contributed by atoms with Crippen LogP contribution in [0.2, 0.25) is 5.02 Å². The molecule has 1 atom stereocenters. The Hall–Kier alpha value is -2.01. The standard InChI is InChI=1S/C19H24ClNO4/c1-5-24-17(22)9-8-16-11-14-10-15(20)7-6-13(14)12-21(16)18(23)25-19(2,3)4/h6-10,16H,5,11-12H2,1-4H3/b9-8+/t16-/m0/s1. The number of fused-ring (bicyclic) bond motifs is 1. The second kappa shape index (κ2) is 7.91. The third-order valence-electron chi connectivity index (χ3n) is 3.71. The zero-order valence-electron chi connectivity index (χ0n) is 15.0. The quantitative estimate of drug-likeness (QED) is 0.597. The first-order valence-corrected chi connectivity index (χ1v) is 8.69. The lowest BCUT2D eigenvalue weighted by molar-refractivity contribution is -0.137. The Morgan fingerprint density at radius 1 is 1.32 bits per heavy atom. The first kappa shape index (κ1) is 19.3. The largest absolute Gasteiger partial charge is 0.463 e. The number of hydrogen-bond acceptors (Lipinski definition) is 4. The van der Waals surface area contributed by atoms with E-state index in [1.54, 1.807) is 17.9 Å². The summed E-state index contributed by atoms with van der Waals surface area (Å²) in [6.45, 7) is 7.93. The molecule has 0 fully saturated rings. The molecule has 0 bridgehead atoms. The van der Waals surface area contributed by atoms with Gasteiger partial charge in [0.05, 0.1) is 12.6 Å². The van der Waals surface area contributed by atoms with Crippen molar-refractivity contribution in [1.82, 2.24) is 4.90 Å². The van der Waals surface area contributed by atoms with Crippen LogP contribution in [0, 0.1) is 0 Å². The van der Waals surface area contributed by atoms with Gasteiger partial charge in [-0.15, -0.1) is 0 Å². The SMILES string of the molecule is CCOC(=O)/C=C/[C@H]1Cc2cc(Cl)ccc2CN1C(=O)OC(C)(C)C. The maximum atomic E-state index is 12.6. The molecular formula is C19H24ClNO4. The maximum absolute atomic E-state index is 12.6. The van der Waals surface area contributed by atoms with Gasteiger partial charge in [0, 0.05) is 17.6 Å². The molecule has 1 aliphatic rings. The summed E-state index contributed by atoms with van der Waals surface area (Å²) in [5, 5.41) is 0.651. The van der Waals surface area contributed by atoms with Gasteiger partial charge in [-0.2, -0.15) is 0 Å². The lowest BCUT2D eigenvalue weighted by Crippen LogP contribution is -2.45. The van der Waals surface area contributed by atoms with E-state index >= 15 is 0 Å². The van der Waals surface area contributed by atoms with Gasteiger partial charge in [-0.25, -0.2) is 9.59 Å². The summed E-state index contributed by atoms with van der Waals surface area (Å²) in [7, 11) is 0. The third kappa shape index (κ3) is 5.49. The highest BCUT2D eigenvalue weighted by Gasteiger charge is 2.31. The van der Waals surface area contributed by atoms with Gasteiger partial charge in [0.15, 0.2) is 0 Å². The zero-order valence-corrected chi connectivity index (χ0v) is 15.8. The van der Waals surface area contributed by atoms with E-state index in [1.807, 2.05) is 39.0 Å². The van der Waals surface area contributed by atoms with Gasteiger partial charge in [0.2, 0.25) is 0 Å². The molecule has 0 saturated carbocycles. The molecule has 6 heteroatoms. The molecule has 0 unspecified atom stereocenters. The fraction of sp³-hybridized carbons (Fsp3) is 0.474. The maximum Gasteiger partial charge on any atom is 0.411 e. The highest BCUT2D eigenvalue weighted by molar-refractivity contribution is 6.30. The molecule has 0 N–H and O–H groups in total. The van der Waals surface area contributed by atoms with Crippen molar-refractivity contribution < 1.29 is 19.1 Å². The van der Waals surface area contributed by atoms with Gasteiger partial charge in [-0.05, 0) is 57.4 Å². The molecule has 1 amide bonds. The van der Waals surface area contributed by atoms with Gasteiger partial charge in [-0.1, -0.05) is 23.7 Å². The zero-order chi connectivity index (χ0) is 18.6. The molecular weight excluding hydrogens is 342 g/mol. The molecule has 1 aromatic rings. The van der Waals surface area contributed by atoms with Gasteiger partial charge < -0.3 is 9.47 Å². The van der Waals surface area contributed by atoms with E-state index in [0.717, 1.165) is 11.1 Å². The smallest absolute Gasteiger partial charge is 0.411 e. The van der Waals surface area contributed by atoms with Crippen molar-refractivity contribution in [3.63, 3.8) is 0 Å². The number of halogens is 1. The number of hydrogen-bond donors (Lipinski definition) is 0. The Balaban J connectivity index is 2.27. The van der Waals surface area contributed by atoms with Crippen molar-refractivity contribution >= 4 is 23.7 Å². The van der Waals surface area contributed by atoms with Gasteiger partial charge in [-0.3, -0.25) is 4.90 Å². The van der Waals surface area contributed by atoms with Crippen LogP contribution in [-0.4, -0.2) is 35.2 Å². The van der Waals surface area contributed by atoms with Crippen LogP contribution in [0.3, 0.4) is 0 Å². The topological polar surface area (TPSA) is 55.8 Å². The van der Waals surface area contributed by atoms with Crippen molar-refractivity contribution in [3.8, 4) is 0 Å². The summed E-state index contributed by atoms with van der Waals surface area (Å²) in [5.41, 5.74) is 1.49. The number of ether oxygens (including phenoxy) is 2. The lowest BCUT2D eigenvalue weighted by atomic mass is 9.94. The van der Waals surface area contributed by atoms with Crippen LogP contribution >= 0.6 is 11.6 Å². The molecule has 2 rings (SSSR count). The molecule has 25 heavy (non-hydrogen) atoms. The number of esters is 1. The van der Waals surface area contributed by atoms with Crippen LogP contribution in [0.4, 0.5) is 4.79 Å². The highest BCUT2D eigenvalue weighted by Crippen LogP contribution is 2.28. The van der Waals surface area contributed by atoms with E-state index in [9.17, 15) is 9.59 Å². The molecule has 0 radical (unpaired) electrons. The minimum atomic E-state index is -0.591. The number of benzene rings is 1. The first-order chi connectivity index (χ1) is 11.7. The number of amides is 1. The number of carbonyl (C=O) groups excluding carboxylic acids is 2. The molecule has 1 aliphatic heterocycles. The minimum Gasteiger partial charge on any atom is -0.463 e. The van der Waals surface area contributed by atoms with E-state index in [0.29, 0.717) is 24.6 Å². The van der Waals surface area contributed by atoms with Crippen molar-refractivity contribution in [2.75, 3.05) is 6.61 Å². The van der Waals surface area contributed by atoms with Crippen molar-refractivity contribution in [2.45, 2.75) is 52.3 Å². The Morgan fingerprint density at radius 3 is 2.68 bits per heavy atom. The van der Waals surface area contributed by atoms with E-state index in [2.05, 4.69) is 0 Å².